The normalized spacial score (nSPS) is 10.7. The molecule has 0 heterocycles. The number of carbonyl (C=O) groups is 1. The molecule has 0 aromatic heterocycles. The van der Waals surface area contributed by atoms with Crippen LogP contribution in [0.5, 0.6) is 0 Å². The van der Waals surface area contributed by atoms with Gasteiger partial charge >= 0.3 is 0 Å². The molecule has 122 valence electrons. The molecule has 0 unspecified atom stereocenters. The monoisotopic (exact) mass is 339 g/mol. The number of rotatable bonds is 6. The molecule has 0 aliphatic heterocycles. The molecule has 0 atom stereocenters. The Morgan fingerprint density at radius 1 is 0.917 bits per heavy atom. The summed E-state index contributed by atoms with van der Waals surface area (Å²) in [5.41, 5.74) is 2.11. The van der Waals surface area contributed by atoms with Crippen LogP contribution in [-0.2, 0) is 17.1 Å². The Morgan fingerprint density at radius 3 is 2.42 bits per heavy atom. The molecule has 4 heteroatoms. The molecule has 0 aliphatic carbocycles. The van der Waals surface area contributed by atoms with Crippen molar-refractivity contribution >= 4 is 28.4 Å². The van der Waals surface area contributed by atoms with Crippen LogP contribution >= 0.6 is 11.8 Å². The van der Waals surface area contributed by atoms with E-state index in [0.717, 1.165) is 11.1 Å². The topological polar surface area (TPSA) is 29.1 Å². The average Bonchev–Trinajstić information content (AvgIpc) is 2.61. The average molecular weight is 339 g/mol. The highest BCUT2D eigenvalue weighted by atomic mass is 32.2. The second-order valence-electron chi connectivity index (χ2n) is 5.58. The van der Waals surface area contributed by atoms with Crippen LogP contribution in [-0.4, -0.2) is 11.7 Å². The number of amides is 1. The number of halogens is 1. The minimum Gasteiger partial charge on any atom is -0.351 e. The van der Waals surface area contributed by atoms with Crippen molar-refractivity contribution in [2.75, 3.05) is 5.75 Å². The maximum atomic E-state index is 12.8. The fraction of sp³-hybridized carbons (Fsp3) is 0.150. The summed E-state index contributed by atoms with van der Waals surface area (Å²) in [6.07, 6.45) is 0. The van der Waals surface area contributed by atoms with Gasteiger partial charge in [0.2, 0.25) is 5.91 Å². The highest BCUT2D eigenvalue weighted by Gasteiger charge is 2.03. The van der Waals surface area contributed by atoms with E-state index >= 15 is 0 Å². The molecule has 1 amide bonds. The Kier molecular flexibility index (Phi) is 5.49. The van der Waals surface area contributed by atoms with Crippen molar-refractivity contribution in [2.45, 2.75) is 12.3 Å². The van der Waals surface area contributed by atoms with Gasteiger partial charge in [0.1, 0.15) is 5.82 Å². The lowest BCUT2D eigenvalue weighted by Crippen LogP contribution is -2.24. The smallest absolute Gasteiger partial charge is 0.230 e. The van der Waals surface area contributed by atoms with Crippen molar-refractivity contribution in [3.05, 3.63) is 83.7 Å². The highest BCUT2D eigenvalue weighted by molar-refractivity contribution is 7.99. The first-order valence-corrected chi connectivity index (χ1v) is 8.93. The first kappa shape index (κ1) is 16.5. The van der Waals surface area contributed by atoms with Gasteiger partial charge < -0.3 is 5.32 Å². The lowest BCUT2D eigenvalue weighted by Gasteiger charge is -2.07. The molecule has 0 saturated carbocycles. The Balaban J connectivity index is 1.45. The summed E-state index contributed by atoms with van der Waals surface area (Å²) in [5.74, 6) is 0.862. The summed E-state index contributed by atoms with van der Waals surface area (Å²) in [6.45, 7) is 0.529. The Bertz CT molecular complexity index is 832. The van der Waals surface area contributed by atoms with Gasteiger partial charge in [0, 0.05) is 12.3 Å². The maximum Gasteiger partial charge on any atom is 0.230 e. The summed E-state index contributed by atoms with van der Waals surface area (Å²) in [5, 5.41) is 5.31. The van der Waals surface area contributed by atoms with Crippen molar-refractivity contribution < 1.29 is 9.18 Å². The highest BCUT2D eigenvalue weighted by Crippen LogP contribution is 2.16. The molecule has 0 saturated heterocycles. The van der Waals surface area contributed by atoms with E-state index in [1.807, 2.05) is 18.2 Å². The van der Waals surface area contributed by atoms with Gasteiger partial charge in [-0.15, -0.1) is 11.8 Å². The summed E-state index contributed by atoms with van der Waals surface area (Å²) in [7, 11) is 0. The van der Waals surface area contributed by atoms with E-state index in [0.29, 0.717) is 18.1 Å². The molecular weight excluding hydrogens is 321 g/mol. The van der Waals surface area contributed by atoms with Crippen LogP contribution in [0, 0.1) is 5.82 Å². The van der Waals surface area contributed by atoms with E-state index in [1.165, 1.54) is 34.7 Å². The lowest BCUT2D eigenvalue weighted by atomic mass is 10.1. The third-order valence-electron chi connectivity index (χ3n) is 3.72. The molecule has 0 fully saturated rings. The van der Waals surface area contributed by atoms with Gasteiger partial charge in [0.05, 0.1) is 5.75 Å². The van der Waals surface area contributed by atoms with E-state index in [4.69, 9.17) is 0 Å². The maximum absolute atomic E-state index is 12.8. The van der Waals surface area contributed by atoms with Crippen LogP contribution in [0.4, 0.5) is 4.39 Å². The Labute approximate surface area is 145 Å². The molecule has 2 nitrogen and oxygen atoms in total. The van der Waals surface area contributed by atoms with Gasteiger partial charge in [-0.2, -0.15) is 0 Å². The molecule has 24 heavy (non-hydrogen) atoms. The van der Waals surface area contributed by atoms with Gasteiger partial charge in [0.15, 0.2) is 0 Å². The van der Waals surface area contributed by atoms with Crippen LogP contribution < -0.4 is 5.32 Å². The van der Waals surface area contributed by atoms with E-state index in [1.54, 1.807) is 12.1 Å². The van der Waals surface area contributed by atoms with Crippen LogP contribution in [0.25, 0.3) is 10.8 Å². The van der Waals surface area contributed by atoms with Gasteiger partial charge in [-0.05, 0) is 40.1 Å². The zero-order chi connectivity index (χ0) is 16.8. The lowest BCUT2D eigenvalue weighted by molar-refractivity contribution is -0.118. The van der Waals surface area contributed by atoms with E-state index in [-0.39, 0.29) is 11.7 Å². The fourth-order valence-corrected chi connectivity index (χ4v) is 3.26. The summed E-state index contributed by atoms with van der Waals surface area (Å²) < 4.78 is 12.8. The van der Waals surface area contributed by atoms with Crippen molar-refractivity contribution in [1.29, 1.82) is 0 Å². The minimum atomic E-state index is -0.239. The fourth-order valence-electron chi connectivity index (χ4n) is 2.44. The Morgan fingerprint density at radius 2 is 1.62 bits per heavy atom. The number of nitrogens with one attached hydrogen (secondary N) is 1. The van der Waals surface area contributed by atoms with Crippen LogP contribution in [0.1, 0.15) is 11.1 Å². The third-order valence-corrected chi connectivity index (χ3v) is 4.72. The third kappa shape index (κ3) is 4.59. The molecule has 0 bridgehead atoms. The van der Waals surface area contributed by atoms with Crippen molar-refractivity contribution in [3.63, 3.8) is 0 Å². The number of fused-ring (bicyclic) bond motifs is 1. The van der Waals surface area contributed by atoms with Crippen molar-refractivity contribution in [3.8, 4) is 0 Å². The molecule has 0 spiro atoms. The number of hydrogen-bond donors (Lipinski definition) is 1. The van der Waals surface area contributed by atoms with Gasteiger partial charge in [-0.1, -0.05) is 48.5 Å². The van der Waals surface area contributed by atoms with Gasteiger partial charge in [-0.3, -0.25) is 4.79 Å². The number of hydrogen-bond acceptors (Lipinski definition) is 2. The molecule has 3 aromatic rings. The standard InChI is InChI=1S/C20H18FNOS/c21-19-9-6-15(7-10-19)13-24-14-20(23)22-12-16-5-8-17-3-1-2-4-18(17)11-16/h1-11H,12-14H2,(H,22,23). The second-order valence-corrected chi connectivity index (χ2v) is 6.56. The van der Waals surface area contributed by atoms with Gasteiger partial charge in [-0.25, -0.2) is 4.39 Å². The minimum absolute atomic E-state index is 0.00951. The van der Waals surface area contributed by atoms with E-state index in [2.05, 4.69) is 29.6 Å². The molecule has 3 aromatic carbocycles. The Hall–Kier alpha value is -2.33. The van der Waals surface area contributed by atoms with Crippen LogP contribution in [0.2, 0.25) is 0 Å². The number of carbonyl (C=O) groups excluding carboxylic acids is 1. The number of thioether (sulfide) groups is 1. The van der Waals surface area contributed by atoms with Crippen molar-refractivity contribution in [1.82, 2.24) is 5.32 Å². The molecule has 0 aliphatic rings. The quantitative estimate of drug-likeness (QED) is 0.715. The first-order valence-electron chi connectivity index (χ1n) is 7.77. The predicted octanol–water partition coefficient (Wildman–Crippen LogP) is 4.53. The van der Waals surface area contributed by atoms with Crippen LogP contribution in [0.3, 0.4) is 0 Å². The molecule has 0 radical (unpaired) electrons. The zero-order valence-corrected chi connectivity index (χ0v) is 14.0. The van der Waals surface area contributed by atoms with E-state index < -0.39 is 0 Å². The summed E-state index contributed by atoms with van der Waals surface area (Å²) >= 11 is 1.52. The largest absolute Gasteiger partial charge is 0.351 e. The van der Waals surface area contributed by atoms with E-state index in [9.17, 15) is 9.18 Å². The predicted molar refractivity (Wildman–Crippen MR) is 98.4 cm³/mol. The SMILES string of the molecule is O=C(CSCc1ccc(F)cc1)NCc1ccc2ccccc2c1. The zero-order valence-electron chi connectivity index (χ0n) is 13.2. The molecule has 1 N–H and O–H groups in total. The first-order chi connectivity index (χ1) is 11.7. The summed E-state index contributed by atoms with van der Waals surface area (Å²) in [6, 6.07) is 20.7. The second kappa shape index (κ2) is 7.97. The van der Waals surface area contributed by atoms with Gasteiger partial charge in [0.25, 0.3) is 0 Å². The molecular formula is C20H18FNOS. The summed E-state index contributed by atoms with van der Waals surface area (Å²) in [4.78, 5) is 11.9. The molecule has 3 rings (SSSR count). The van der Waals surface area contributed by atoms with Crippen LogP contribution in [0.15, 0.2) is 66.7 Å². The number of benzene rings is 3. The van der Waals surface area contributed by atoms with Crippen molar-refractivity contribution in [2.24, 2.45) is 0 Å².